The number of phenols is 1. The van der Waals surface area contributed by atoms with Gasteiger partial charge in [0.1, 0.15) is 5.75 Å². The van der Waals surface area contributed by atoms with Gasteiger partial charge in [0.2, 0.25) is 0 Å². The minimum atomic E-state index is -0.833. The minimum Gasteiger partial charge on any atom is -0.506 e. The molecule has 0 heterocycles. The Balaban J connectivity index is 2.09. The summed E-state index contributed by atoms with van der Waals surface area (Å²) in [6.07, 6.45) is 0. The minimum absolute atomic E-state index is 0.0850. The zero-order valence-corrected chi connectivity index (χ0v) is 12.7. The average Bonchev–Trinajstić information content (AvgIpc) is 2.41. The number of nitrogens with one attached hydrogen (secondary N) is 2. The molecule has 0 saturated heterocycles. The van der Waals surface area contributed by atoms with Crippen LogP contribution in [0.5, 0.6) is 5.75 Å². The Morgan fingerprint density at radius 2 is 1.41 bits per heavy atom. The number of carbonyl (C=O) groups is 2. The van der Waals surface area contributed by atoms with Gasteiger partial charge < -0.3 is 15.7 Å². The van der Waals surface area contributed by atoms with E-state index in [2.05, 4.69) is 10.6 Å². The summed E-state index contributed by atoms with van der Waals surface area (Å²) in [7, 11) is 0. The van der Waals surface area contributed by atoms with E-state index in [-0.39, 0.29) is 11.4 Å². The van der Waals surface area contributed by atoms with E-state index in [9.17, 15) is 14.7 Å². The Kier molecular flexibility index (Phi) is 4.46. The van der Waals surface area contributed by atoms with Crippen LogP contribution in [-0.2, 0) is 9.59 Å². The Hall–Kier alpha value is -2.82. The van der Waals surface area contributed by atoms with Crippen molar-refractivity contribution >= 4 is 23.2 Å². The molecule has 0 aromatic heterocycles. The van der Waals surface area contributed by atoms with Crippen LogP contribution in [0.3, 0.4) is 0 Å². The summed E-state index contributed by atoms with van der Waals surface area (Å²) in [5.74, 6) is -1.70. The van der Waals surface area contributed by atoms with E-state index in [1.165, 1.54) is 6.07 Å². The summed E-state index contributed by atoms with van der Waals surface area (Å²) in [4.78, 5) is 23.8. The highest BCUT2D eigenvalue weighted by Gasteiger charge is 2.16. The van der Waals surface area contributed by atoms with Crippen LogP contribution >= 0.6 is 0 Å². The number of benzene rings is 2. The van der Waals surface area contributed by atoms with Crippen LogP contribution in [0.15, 0.2) is 36.4 Å². The van der Waals surface area contributed by atoms with Crippen molar-refractivity contribution in [1.29, 1.82) is 0 Å². The number of phenolic OH excluding ortho intramolecular Hbond substituents is 1. The van der Waals surface area contributed by atoms with Crippen molar-refractivity contribution in [2.45, 2.75) is 20.8 Å². The zero-order chi connectivity index (χ0) is 16.3. The molecule has 0 aliphatic rings. The normalized spacial score (nSPS) is 10.1. The van der Waals surface area contributed by atoms with E-state index in [1.54, 1.807) is 24.3 Å². The number of aromatic hydroxyl groups is 1. The first-order valence-electron chi connectivity index (χ1n) is 6.85. The number of rotatable bonds is 2. The van der Waals surface area contributed by atoms with Gasteiger partial charge in [-0.1, -0.05) is 12.1 Å². The third-order valence-corrected chi connectivity index (χ3v) is 3.09. The first kappa shape index (κ1) is 15.6. The molecular weight excluding hydrogens is 280 g/mol. The first-order valence-corrected chi connectivity index (χ1v) is 6.85. The van der Waals surface area contributed by atoms with Crippen LogP contribution in [0, 0.1) is 20.8 Å². The molecule has 0 atom stereocenters. The van der Waals surface area contributed by atoms with E-state index in [4.69, 9.17) is 0 Å². The predicted octanol–water partition coefficient (Wildman–Crippen LogP) is 2.89. The number of hydrogen-bond donors (Lipinski definition) is 3. The highest BCUT2D eigenvalue weighted by Crippen LogP contribution is 2.23. The van der Waals surface area contributed by atoms with Crippen LogP contribution in [0.25, 0.3) is 0 Å². The Labute approximate surface area is 129 Å². The summed E-state index contributed by atoms with van der Waals surface area (Å²) < 4.78 is 0. The molecule has 2 aromatic rings. The topological polar surface area (TPSA) is 78.4 Å². The van der Waals surface area contributed by atoms with E-state index >= 15 is 0 Å². The first-order chi connectivity index (χ1) is 10.3. The van der Waals surface area contributed by atoms with Gasteiger partial charge in [0, 0.05) is 5.69 Å². The summed E-state index contributed by atoms with van der Waals surface area (Å²) in [6, 6.07) is 10.3. The van der Waals surface area contributed by atoms with Gasteiger partial charge in [0.15, 0.2) is 0 Å². The molecule has 2 amide bonds. The molecule has 2 aromatic carbocycles. The van der Waals surface area contributed by atoms with Crippen molar-refractivity contribution in [1.82, 2.24) is 0 Å². The number of hydrogen-bond acceptors (Lipinski definition) is 3. The molecule has 5 nitrogen and oxygen atoms in total. The lowest BCUT2D eigenvalue weighted by Gasteiger charge is -2.09. The van der Waals surface area contributed by atoms with Crippen LogP contribution < -0.4 is 10.6 Å². The van der Waals surface area contributed by atoms with Gasteiger partial charge in [-0.05, 0) is 61.7 Å². The Morgan fingerprint density at radius 3 is 2.05 bits per heavy atom. The molecule has 0 bridgehead atoms. The average molecular weight is 298 g/mol. The number of amides is 2. The molecule has 0 spiro atoms. The quantitative estimate of drug-likeness (QED) is 0.589. The molecular formula is C17H18N2O3. The maximum Gasteiger partial charge on any atom is 0.314 e. The number of carbonyl (C=O) groups excluding carboxylic acids is 2. The molecule has 0 unspecified atom stereocenters. The third-order valence-electron chi connectivity index (χ3n) is 3.09. The summed E-state index contributed by atoms with van der Waals surface area (Å²) >= 11 is 0. The molecule has 114 valence electrons. The molecule has 3 N–H and O–H groups in total. The highest BCUT2D eigenvalue weighted by molar-refractivity contribution is 6.43. The standard InChI is InChI=1S/C17H18N2O3/c1-10-4-5-15(20)14(9-10)19-17(22)16(21)18-13-7-11(2)6-12(3)8-13/h4-9,20H,1-3H3,(H,18,21)(H,19,22). The van der Waals surface area contributed by atoms with E-state index in [0.717, 1.165) is 16.7 Å². The van der Waals surface area contributed by atoms with Gasteiger partial charge in [-0.2, -0.15) is 0 Å². The van der Waals surface area contributed by atoms with Crippen LogP contribution in [-0.4, -0.2) is 16.9 Å². The van der Waals surface area contributed by atoms with E-state index in [0.29, 0.717) is 5.69 Å². The molecule has 2 rings (SSSR count). The fourth-order valence-electron chi connectivity index (χ4n) is 2.16. The molecule has 0 fully saturated rings. The largest absolute Gasteiger partial charge is 0.506 e. The second-order valence-corrected chi connectivity index (χ2v) is 5.31. The van der Waals surface area contributed by atoms with Crippen LogP contribution in [0.2, 0.25) is 0 Å². The fraction of sp³-hybridized carbons (Fsp3) is 0.176. The lowest BCUT2D eigenvalue weighted by molar-refractivity contribution is -0.133. The molecule has 0 aliphatic carbocycles. The summed E-state index contributed by atoms with van der Waals surface area (Å²) in [6.45, 7) is 5.64. The summed E-state index contributed by atoms with van der Waals surface area (Å²) in [5, 5.41) is 14.6. The van der Waals surface area contributed by atoms with Crippen molar-refractivity contribution in [2.75, 3.05) is 10.6 Å². The predicted molar refractivity (Wildman–Crippen MR) is 86.0 cm³/mol. The van der Waals surface area contributed by atoms with Gasteiger partial charge >= 0.3 is 11.8 Å². The lowest BCUT2D eigenvalue weighted by atomic mass is 10.1. The number of anilines is 2. The van der Waals surface area contributed by atoms with E-state index < -0.39 is 11.8 Å². The van der Waals surface area contributed by atoms with Crippen LogP contribution in [0.4, 0.5) is 11.4 Å². The van der Waals surface area contributed by atoms with Gasteiger partial charge in [-0.3, -0.25) is 9.59 Å². The van der Waals surface area contributed by atoms with Crippen LogP contribution in [0.1, 0.15) is 16.7 Å². The van der Waals surface area contributed by atoms with Crippen molar-refractivity contribution in [3.05, 3.63) is 53.1 Å². The van der Waals surface area contributed by atoms with Crippen molar-refractivity contribution in [3.63, 3.8) is 0 Å². The monoisotopic (exact) mass is 298 g/mol. The Morgan fingerprint density at radius 1 is 0.818 bits per heavy atom. The Bertz CT molecular complexity index is 718. The molecule has 22 heavy (non-hydrogen) atoms. The highest BCUT2D eigenvalue weighted by atomic mass is 16.3. The third kappa shape index (κ3) is 3.85. The van der Waals surface area contributed by atoms with Gasteiger partial charge in [-0.15, -0.1) is 0 Å². The molecule has 5 heteroatoms. The smallest absolute Gasteiger partial charge is 0.314 e. The van der Waals surface area contributed by atoms with Crippen molar-refractivity contribution in [2.24, 2.45) is 0 Å². The zero-order valence-electron chi connectivity index (χ0n) is 12.7. The number of aryl methyl sites for hydroxylation is 3. The van der Waals surface area contributed by atoms with E-state index in [1.807, 2.05) is 26.8 Å². The lowest BCUT2D eigenvalue weighted by Crippen LogP contribution is -2.29. The maximum atomic E-state index is 11.9. The van der Waals surface area contributed by atoms with Gasteiger partial charge in [0.05, 0.1) is 5.69 Å². The van der Waals surface area contributed by atoms with Gasteiger partial charge in [-0.25, -0.2) is 0 Å². The van der Waals surface area contributed by atoms with Crippen molar-refractivity contribution < 1.29 is 14.7 Å². The maximum absolute atomic E-state index is 11.9. The van der Waals surface area contributed by atoms with Crippen molar-refractivity contribution in [3.8, 4) is 5.75 Å². The molecule has 0 radical (unpaired) electrons. The second-order valence-electron chi connectivity index (χ2n) is 5.31. The molecule has 0 aliphatic heterocycles. The molecule has 0 saturated carbocycles. The SMILES string of the molecule is Cc1cc(C)cc(NC(=O)C(=O)Nc2cc(C)ccc2O)c1. The fourth-order valence-corrected chi connectivity index (χ4v) is 2.16. The second kappa shape index (κ2) is 6.30. The summed E-state index contributed by atoms with van der Waals surface area (Å²) in [5.41, 5.74) is 3.62. The van der Waals surface area contributed by atoms with Gasteiger partial charge in [0.25, 0.3) is 0 Å².